The van der Waals surface area contributed by atoms with E-state index in [-0.39, 0.29) is 0 Å². The maximum absolute atomic E-state index is 5.69. The van der Waals surface area contributed by atoms with E-state index in [1.54, 1.807) is 11.3 Å². The maximum Gasteiger partial charge on any atom is 0.180 e. The average Bonchev–Trinajstić information content (AvgIpc) is 2.82. The van der Waals surface area contributed by atoms with Crippen molar-refractivity contribution in [2.75, 3.05) is 18.8 Å². The van der Waals surface area contributed by atoms with Crippen LogP contribution in [0.2, 0.25) is 0 Å². The summed E-state index contributed by atoms with van der Waals surface area (Å²) in [7, 11) is 0. The van der Waals surface area contributed by atoms with E-state index in [9.17, 15) is 0 Å². The second kappa shape index (κ2) is 5.57. The number of likely N-dealkylation sites (tertiary alicyclic amines) is 1. The Labute approximate surface area is 113 Å². The van der Waals surface area contributed by atoms with Gasteiger partial charge in [-0.25, -0.2) is 4.98 Å². The molecule has 0 bridgehead atoms. The summed E-state index contributed by atoms with van der Waals surface area (Å²) in [6, 6.07) is 0.864. The summed E-state index contributed by atoms with van der Waals surface area (Å²) < 4.78 is 0. The number of nitrogens with two attached hydrogens (primary N) is 1. The average molecular weight is 265 g/mol. The van der Waals surface area contributed by atoms with Crippen LogP contribution in [0.25, 0.3) is 0 Å². The zero-order valence-corrected chi connectivity index (χ0v) is 11.8. The summed E-state index contributed by atoms with van der Waals surface area (Å²) in [5.74, 6) is 0.980. The van der Waals surface area contributed by atoms with Gasteiger partial charge in [0.25, 0.3) is 0 Å². The number of nitrogen functional groups attached to an aromatic ring is 1. The summed E-state index contributed by atoms with van der Waals surface area (Å²) in [6.45, 7) is 2.46. The molecule has 0 radical (unpaired) electrons. The van der Waals surface area contributed by atoms with E-state index in [1.807, 2.05) is 0 Å². The Morgan fingerprint density at radius 1 is 1.28 bits per heavy atom. The highest BCUT2D eigenvalue weighted by atomic mass is 32.1. The minimum atomic E-state index is 0.708. The van der Waals surface area contributed by atoms with Gasteiger partial charge in [0, 0.05) is 24.4 Å². The lowest BCUT2D eigenvalue weighted by Gasteiger charge is -2.44. The van der Waals surface area contributed by atoms with Crippen LogP contribution in [0, 0.1) is 5.92 Å². The molecule has 1 aliphatic heterocycles. The summed E-state index contributed by atoms with van der Waals surface area (Å²) in [5.41, 5.74) is 6.86. The molecule has 0 aromatic carbocycles. The molecule has 2 fully saturated rings. The molecule has 3 rings (SSSR count). The maximum atomic E-state index is 5.69. The fourth-order valence-corrected chi connectivity index (χ4v) is 4.30. The van der Waals surface area contributed by atoms with Gasteiger partial charge in [-0.2, -0.15) is 0 Å². The molecule has 2 heterocycles. The Morgan fingerprint density at radius 2 is 2.11 bits per heavy atom. The van der Waals surface area contributed by atoms with E-state index < -0.39 is 0 Å². The van der Waals surface area contributed by atoms with E-state index in [4.69, 9.17) is 5.73 Å². The molecule has 1 aromatic heterocycles. The second-order valence-electron chi connectivity index (χ2n) is 5.72. The molecule has 3 nitrogen and oxygen atoms in total. The number of nitrogens with zero attached hydrogens (tertiary/aromatic N) is 2. The van der Waals surface area contributed by atoms with Crippen LogP contribution in [0.1, 0.15) is 44.2 Å². The highest BCUT2D eigenvalue weighted by molar-refractivity contribution is 7.13. The van der Waals surface area contributed by atoms with E-state index >= 15 is 0 Å². The first-order chi connectivity index (χ1) is 8.83. The van der Waals surface area contributed by atoms with Gasteiger partial charge in [-0.05, 0) is 38.1 Å². The smallest absolute Gasteiger partial charge is 0.180 e. The number of aromatic nitrogens is 1. The molecule has 2 aliphatic rings. The molecular weight excluding hydrogens is 242 g/mol. The third kappa shape index (κ3) is 2.69. The lowest BCUT2D eigenvalue weighted by molar-refractivity contribution is 0.0618. The number of fused-ring (bicyclic) bond motifs is 1. The van der Waals surface area contributed by atoms with E-state index in [1.165, 1.54) is 57.3 Å². The molecule has 1 aromatic rings. The van der Waals surface area contributed by atoms with Gasteiger partial charge in [-0.3, -0.25) is 4.90 Å². The van der Waals surface area contributed by atoms with E-state index in [0.717, 1.165) is 18.4 Å². The van der Waals surface area contributed by atoms with Crippen LogP contribution in [0.15, 0.2) is 5.38 Å². The minimum absolute atomic E-state index is 0.708. The molecule has 0 amide bonds. The molecule has 2 atom stereocenters. The zero-order valence-electron chi connectivity index (χ0n) is 11.0. The predicted molar refractivity (Wildman–Crippen MR) is 76.8 cm³/mol. The molecule has 18 heavy (non-hydrogen) atoms. The molecule has 4 heteroatoms. The van der Waals surface area contributed by atoms with Gasteiger partial charge in [0.1, 0.15) is 0 Å². The van der Waals surface area contributed by atoms with Crippen molar-refractivity contribution in [2.24, 2.45) is 5.92 Å². The highest BCUT2D eigenvalue weighted by Gasteiger charge is 2.32. The van der Waals surface area contributed by atoms with Gasteiger partial charge in [-0.15, -0.1) is 11.3 Å². The molecule has 100 valence electrons. The molecule has 0 spiro atoms. The quantitative estimate of drug-likeness (QED) is 0.913. The Bertz CT molecular complexity index is 388. The first-order valence-corrected chi connectivity index (χ1v) is 8.15. The van der Waals surface area contributed by atoms with E-state index in [0.29, 0.717) is 5.13 Å². The topological polar surface area (TPSA) is 42.1 Å². The van der Waals surface area contributed by atoms with Crippen LogP contribution in [-0.4, -0.2) is 29.0 Å². The largest absolute Gasteiger partial charge is 0.375 e. The van der Waals surface area contributed by atoms with Gasteiger partial charge in [0.05, 0.1) is 5.69 Å². The van der Waals surface area contributed by atoms with Gasteiger partial charge in [0.2, 0.25) is 0 Å². The predicted octanol–water partition coefficient (Wildman–Crippen LogP) is 2.92. The van der Waals surface area contributed by atoms with Crippen molar-refractivity contribution in [3.63, 3.8) is 0 Å². The van der Waals surface area contributed by atoms with E-state index in [2.05, 4.69) is 15.3 Å². The minimum Gasteiger partial charge on any atom is -0.375 e. The monoisotopic (exact) mass is 265 g/mol. The normalized spacial score (nSPS) is 29.1. The van der Waals surface area contributed by atoms with Crippen molar-refractivity contribution in [2.45, 2.75) is 51.0 Å². The molecular formula is C14H23N3S. The first-order valence-electron chi connectivity index (χ1n) is 7.27. The zero-order chi connectivity index (χ0) is 12.4. The van der Waals surface area contributed by atoms with Crippen molar-refractivity contribution < 1.29 is 0 Å². The summed E-state index contributed by atoms with van der Waals surface area (Å²) in [6.07, 6.45) is 9.69. The standard InChI is InChI=1S/C14H23N3S/c15-14-16-12(10-18-14)7-9-17-8-3-5-11-4-1-2-6-13(11)17/h10-11,13H,1-9H2,(H2,15,16). The number of rotatable bonds is 3. The van der Waals surface area contributed by atoms with Crippen molar-refractivity contribution in [1.29, 1.82) is 0 Å². The van der Waals surface area contributed by atoms with Crippen molar-refractivity contribution in [1.82, 2.24) is 9.88 Å². The summed E-state index contributed by atoms with van der Waals surface area (Å²) in [5, 5.41) is 2.82. The van der Waals surface area contributed by atoms with Crippen molar-refractivity contribution in [3.05, 3.63) is 11.1 Å². The second-order valence-corrected chi connectivity index (χ2v) is 6.61. The van der Waals surface area contributed by atoms with Crippen molar-refractivity contribution >= 4 is 16.5 Å². The molecule has 1 aliphatic carbocycles. The number of anilines is 1. The van der Waals surface area contributed by atoms with Crippen LogP contribution in [-0.2, 0) is 6.42 Å². The van der Waals surface area contributed by atoms with Crippen LogP contribution in [0.3, 0.4) is 0 Å². The Kier molecular flexibility index (Phi) is 3.85. The van der Waals surface area contributed by atoms with Crippen LogP contribution >= 0.6 is 11.3 Å². The van der Waals surface area contributed by atoms with Gasteiger partial charge < -0.3 is 5.73 Å². The number of hydrogen-bond donors (Lipinski definition) is 1. The number of hydrogen-bond acceptors (Lipinski definition) is 4. The summed E-state index contributed by atoms with van der Waals surface area (Å²) in [4.78, 5) is 7.09. The lowest BCUT2D eigenvalue weighted by atomic mass is 9.78. The lowest BCUT2D eigenvalue weighted by Crippen LogP contribution is -2.47. The van der Waals surface area contributed by atoms with Gasteiger partial charge in [0.15, 0.2) is 5.13 Å². The van der Waals surface area contributed by atoms with Crippen LogP contribution in [0.5, 0.6) is 0 Å². The fourth-order valence-electron chi connectivity index (χ4n) is 3.70. The Morgan fingerprint density at radius 3 is 2.94 bits per heavy atom. The number of piperidine rings is 1. The van der Waals surface area contributed by atoms with Crippen molar-refractivity contribution in [3.8, 4) is 0 Å². The molecule has 2 N–H and O–H groups in total. The molecule has 1 saturated carbocycles. The van der Waals surface area contributed by atoms with Crippen LogP contribution < -0.4 is 5.73 Å². The van der Waals surface area contributed by atoms with Crippen LogP contribution in [0.4, 0.5) is 5.13 Å². The summed E-state index contributed by atoms with van der Waals surface area (Å²) >= 11 is 1.56. The fraction of sp³-hybridized carbons (Fsp3) is 0.786. The first kappa shape index (κ1) is 12.4. The van der Waals surface area contributed by atoms with Gasteiger partial charge >= 0.3 is 0 Å². The third-order valence-corrected chi connectivity index (χ3v) is 5.31. The van der Waals surface area contributed by atoms with Gasteiger partial charge in [-0.1, -0.05) is 12.8 Å². The third-order valence-electron chi connectivity index (χ3n) is 4.58. The molecule has 1 saturated heterocycles. The SMILES string of the molecule is Nc1nc(CCN2CCCC3CCCCC32)cs1. The molecule has 2 unspecified atom stereocenters. The Balaban J connectivity index is 1.57. The highest BCUT2D eigenvalue weighted by Crippen LogP contribution is 2.35. The number of thiazole rings is 1. The Hall–Kier alpha value is -0.610.